The highest BCUT2D eigenvalue weighted by Crippen LogP contribution is 2.03. The number of carboxylic acid groups (broad SMARTS) is 1. The van der Waals surface area contributed by atoms with Gasteiger partial charge in [0.2, 0.25) is 0 Å². The number of rotatable bonds is 7. The summed E-state index contributed by atoms with van der Waals surface area (Å²) in [4.78, 5) is 21.5. The minimum Gasteiger partial charge on any atom is -0.480 e. The molecule has 6 nitrogen and oxygen atoms in total. The number of esters is 1. The second-order valence-electron chi connectivity index (χ2n) is 3.59. The Morgan fingerprint density at radius 3 is 2.31 bits per heavy atom. The largest absolute Gasteiger partial charge is 0.480 e. The highest BCUT2D eigenvalue weighted by atomic mass is 35.5. The molecule has 0 aliphatic rings. The monoisotopic (exact) mass is 254 g/mol. The summed E-state index contributed by atoms with van der Waals surface area (Å²) in [6.07, 6.45) is 0.490. The standard InChI is InChI=1S/C9H18N2O4.ClH/c1-6(2)4-7(9(13)14)11-10-5-8(12)15-3;/h6-7,10-11H,4-5H2,1-3H3,(H,13,14);1H/t7-;/m0./s1. The van der Waals surface area contributed by atoms with Crippen molar-refractivity contribution in [3.63, 3.8) is 0 Å². The number of carboxylic acids is 1. The van der Waals surface area contributed by atoms with Gasteiger partial charge in [-0.1, -0.05) is 13.8 Å². The fourth-order valence-electron chi connectivity index (χ4n) is 1.01. The van der Waals surface area contributed by atoms with Gasteiger partial charge in [0.25, 0.3) is 0 Å². The number of carbonyl (C=O) groups excluding carboxylic acids is 1. The van der Waals surface area contributed by atoms with Gasteiger partial charge in [-0.3, -0.25) is 9.59 Å². The van der Waals surface area contributed by atoms with E-state index < -0.39 is 18.0 Å². The average molecular weight is 255 g/mol. The molecule has 0 heterocycles. The first-order chi connectivity index (χ1) is 6.97. The smallest absolute Gasteiger partial charge is 0.322 e. The van der Waals surface area contributed by atoms with Gasteiger partial charge in [0, 0.05) is 0 Å². The zero-order chi connectivity index (χ0) is 11.8. The van der Waals surface area contributed by atoms with E-state index in [1.54, 1.807) is 0 Å². The minimum atomic E-state index is -0.943. The number of nitrogens with one attached hydrogen (secondary N) is 2. The molecule has 0 aliphatic carbocycles. The Hall–Kier alpha value is -0.850. The Morgan fingerprint density at radius 1 is 1.38 bits per heavy atom. The first kappa shape index (κ1) is 17.5. The van der Waals surface area contributed by atoms with Gasteiger partial charge in [0.15, 0.2) is 0 Å². The molecule has 96 valence electrons. The molecule has 0 aromatic carbocycles. The molecule has 0 unspecified atom stereocenters. The molecule has 0 rings (SSSR count). The highest BCUT2D eigenvalue weighted by Gasteiger charge is 2.18. The van der Waals surface area contributed by atoms with Gasteiger partial charge in [-0.2, -0.15) is 0 Å². The molecule has 0 radical (unpaired) electrons. The second-order valence-corrected chi connectivity index (χ2v) is 3.59. The molecular formula is C9H19ClN2O4. The number of carbonyl (C=O) groups is 2. The van der Waals surface area contributed by atoms with Gasteiger partial charge in [-0.05, 0) is 12.3 Å². The molecule has 0 saturated carbocycles. The quantitative estimate of drug-likeness (QED) is 0.444. The first-order valence-electron chi connectivity index (χ1n) is 4.75. The number of methoxy groups -OCH3 is 1. The molecule has 0 bridgehead atoms. The third-order valence-electron chi connectivity index (χ3n) is 1.74. The van der Waals surface area contributed by atoms with E-state index in [4.69, 9.17) is 5.11 Å². The lowest BCUT2D eigenvalue weighted by Crippen LogP contribution is -2.48. The zero-order valence-electron chi connectivity index (χ0n) is 9.65. The lowest BCUT2D eigenvalue weighted by Gasteiger charge is -2.16. The van der Waals surface area contributed by atoms with E-state index in [-0.39, 0.29) is 24.9 Å². The van der Waals surface area contributed by atoms with Gasteiger partial charge in [-0.15, -0.1) is 12.4 Å². The molecule has 0 fully saturated rings. The van der Waals surface area contributed by atoms with Crippen molar-refractivity contribution < 1.29 is 19.4 Å². The van der Waals surface area contributed by atoms with Crippen LogP contribution in [0, 0.1) is 5.92 Å². The van der Waals surface area contributed by atoms with Gasteiger partial charge >= 0.3 is 11.9 Å². The number of ether oxygens (including phenoxy) is 1. The SMILES string of the molecule is COC(=O)CNN[C@@H](CC(C)C)C(=O)O.Cl. The van der Waals surface area contributed by atoms with Gasteiger partial charge in [0.05, 0.1) is 7.11 Å². The first-order valence-corrected chi connectivity index (χ1v) is 4.75. The predicted octanol–water partition coefficient (Wildman–Crippen LogP) is 0.175. The molecule has 16 heavy (non-hydrogen) atoms. The van der Waals surface area contributed by atoms with Crippen LogP contribution in [0.3, 0.4) is 0 Å². The van der Waals surface area contributed by atoms with Crippen LogP contribution < -0.4 is 10.9 Å². The second kappa shape index (κ2) is 9.38. The number of aliphatic carboxylic acids is 1. The molecule has 0 aromatic heterocycles. The van der Waals surface area contributed by atoms with Crippen LogP contribution in [-0.2, 0) is 14.3 Å². The van der Waals surface area contributed by atoms with Crippen molar-refractivity contribution in [1.82, 2.24) is 10.9 Å². The molecule has 0 aromatic rings. The molecular weight excluding hydrogens is 236 g/mol. The predicted molar refractivity (Wildman–Crippen MR) is 61.3 cm³/mol. The van der Waals surface area contributed by atoms with E-state index in [1.807, 2.05) is 13.8 Å². The summed E-state index contributed by atoms with van der Waals surface area (Å²) in [5.41, 5.74) is 5.08. The van der Waals surface area contributed by atoms with E-state index in [1.165, 1.54) is 7.11 Å². The van der Waals surface area contributed by atoms with Crippen LogP contribution in [0.15, 0.2) is 0 Å². The Balaban J connectivity index is 0. The summed E-state index contributed by atoms with van der Waals surface area (Å²) in [7, 11) is 1.27. The van der Waals surface area contributed by atoms with Crippen LogP contribution in [0.25, 0.3) is 0 Å². The Kier molecular flexibility index (Phi) is 10.3. The molecule has 0 saturated heterocycles. The summed E-state index contributed by atoms with van der Waals surface area (Å²) in [6.45, 7) is 3.80. The molecule has 1 atom stereocenters. The summed E-state index contributed by atoms with van der Waals surface area (Å²) in [6, 6.07) is -0.699. The van der Waals surface area contributed by atoms with Crippen molar-refractivity contribution in [2.75, 3.05) is 13.7 Å². The minimum absolute atomic E-state index is 0. The van der Waals surface area contributed by atoms with E-state index >= 15 is 0 Å². The fourth-order valence-corrected chi connectivity index (χ4v) is 1.01. The normalized spacial score (nSPS) is 11.8. The van der Waals surface area contributed by atoms with Crippen LogP contribution in [0.4, 0.5) is 0 Å². The maximum absolute atomic E-state index is 10.8. The maximum Gasteiger partial charge on any atom is 0.322 e. The van der Waals surface area contributed by atoms with Crippen LogP contribution in [0.1, 0.15) is 20.3 Å². The van der Waals surface area contributed by atoms with Crippen LogP contribution in [-0.4, -0.2) is 36.7 Å². The van der Waals surface area contributed by atoms with E-state index in [0.717, 1.165) is 0 Å². The molecule has 0 aliphatic heterocycles. The van der Waals surface area contributed by atoms with Crippen molar-refractivity contribution in [3.8, 4) is 0 Å². The summed E-state index contributed by atoms with van der Waals surface area (Å²) in [5, 5.41) is 8.83. The van der Waals surface area contributed by atoms with E-state index in [0.29, 0.717) is 6.42 Å². The molecule has 3 N–H and O–H groups in total. The lowest BCUT2D eigenvalue weighted by atomic mass is 10.0. The number of halogens is 1. The molecule has 0 spiro atoms. The zero-order valence-corrected chi connectivity index (χ0v) is 10.5. The number of hydrazine groups is 1. The van der Waals surface area contributed by atoms with Crippen molar-refractivity contribution >= 4 is 24.3 Å². The molecule has 0 amide bonds. The third-order valence-corrected chi connectivity index (χ3v) is 1.74. The highest BCUT2D eigenvalue weighted by molar-refractivity contribution is 5.85. The van der Waals surface area contributed by atoms with E-state index in [9.17, 15) is 9.59 Å². The van der Waals surface area contributed by atoms with Crippen LogP contribution in [0.2, 0.25) is 0 Å². The fraction of sp³-hybridized carbons (Fsp3) is 0.778. The van der Waals surface area contributed by atoms with Crippen molar-refractivity contribution in [1.29, 1.82) is 0 Å². The van der Waals surface area contributed by atoms with Gasteiger partial charge in [-0.25, -0.2) is 10.9 Å². The Bertz CT molecular complexity index is 224. The summed E-state index contributed by atoms with van der Waals surface area (Å²) >= 11 is 0. The Morgan fingerprint density at radius 2 is 1.94 bits per heavy atom. The third kappa shape index (κ3) is 8.46. The van der Waals surface area contributed by atoms with Crippen molar-refractivity contribution in [2.24, 2.45) is 5.92 Å². The van der Waals surface area contributed by atoms with Gasteiger partial charge in [0.1, 0.15) is 12.6 Å². The topological polar surface area (TPSA) is 87.7 Å². The van der Waals surface area contributed by atoms with Crippen LogP contribution >= 0.6 is 12.4 Å². The van der Waals surface area contributed by atoms with Crippen molar-refractivity contribution in [3.05, 3.63) is 0 Å². The number of hydrogen-bond donors (Lipinski definition) is 3. The van der Waals surface area contributed by atoms with Crippen molar-refractivity contribution in [2.45, 2.75) is 26.3 Å². The molecule has 7 heteroatoms. The Labute approximate surface area is 101 Å². The number of hydrogen-bond acceptors (Lipinski definition) is 5. The maximum atomic E-state index is 10.8. The van der Waals surface area contributed by atoms with Gasteiger partial charge < -0.3 is 9.84 Å². The lowest BCUT2D eigenvalue weighted by molar-refractivity contribution is -0.142. The van der Waals surface area contributed by atoms with Crippen LogP contribution in [0.5, 0.6) is 0 Å². The summed E-state index contributed by atoms with van der Waals surface area (Å²) < 4.78 is 4.38. The average Bonchev–Trinajstić information content (AvgIpc) is 2.15. The summed E-state index contributed by atoms with van der Waals surface area (Å²) in [5.74, 6) is -1.13. The van der Waals surface area contributed by atoms with E-state index in [2.05, 4.69) is 15.6 Å².